The minimum Gasteiger partial charge on any atom is -0.356 e. The average molecular weight is 447 g/mol. The molecule has 0 bridgehead atoms. The number of thioether (sulfide) groups is 1. The van der Waals surface area contributed by atoms with Gasteiger partial charge < -0.3 is 10.6 Å². The maximum absolute atomic E-state index is 12.0. The normalized spacial score (nSPS) is 11.8. The zero-order chi connectivity index (χ0) is 15.7. The number of nitrogens with zero attached hydrogens (tertiary/aromatic N) is 1. The fourth-order valence-electron chi connectivity index (χ4n) is 1.52. The van der Waals surface area contributed by atoms with Gasteiger partial charge in [-0.3, -0.25) is 4.99 Å². The summed E-state index contributed by atoms with van der Waals surface area (Å²) in [7, 11) is 1.54. The van der Waals surface area contributed by atoms with Crippen LogP contribution in [0.1, 0.15) is 12.0 Å². The van der Waals surface area contributed by atoms with E-state index in [1.165, 1.54) is 17.5 Å². The predicted molar refractivity (Wildman–Crippen MR) is 97.4 cm³/mol. The van der Waals surface area contributed by atoms with Crippen LogP contribution in [0.15, 0.2) is 34.2 Å². The van der Waals surface area contributed by atoms with Crippen molar-refractivity contribution in [1.29, 1.82) is 0 Å². The first-order valence-electron chi connectivity index (χ1n) is 6.61. The lowest BCUT2D eigenvalue weighted by atomic mass is 10.2. The molecule has 0 spiro atoms. The maximum Gasteiger partial charge on any atom is 0.390 e. The Balaban J connectivity index is 0.00000441. The highest BCUT2D eigenvalue weighted by Crippen LogP contribution is 2.18. The topological polar surface area (TPSA) is 36.4 Å². The van der Waals surface area contributed by atoms with Crippen LogP contribution in [0.2, 0.25) is 0 Å². The summed E-state index contributed by atoms with van der Waals surface area (Å²) in [6, 6.07) is 8.20. The molecule has 0 unspecified atom stereocenters. The van der Waals surface area contributed by atoms with Gasteiger partial charge in [-0.15, -0.1) is 35.7 Å². The summed E-state index contributed by atoms with van der Waals surface area (Å²) in [5, 5.41) is 5.63. The third-order valence-corrected chi connectivity index (χ3v) is 3.62. The molecule has 0 saturated heterocycles. The third-order valence-electron chi connectivity index (χ3n) is 2.61. The predicted octanol–water partition coefficient (Wildman–Crippen LogP) is 3.82. The van der Waals surface area contributed by atoms with E-state index >= 15 is 0 Å². The van der Waals surface area contributed by atoms with Gasteiger partial charge in [0.2, 0.25) is 0 Å². The number of hydrogen-bond acceptors (Lipinski definition) is 2. The second kappa shape index (κ2) is 11.0. The van der Waals surface area contributed by atoms with Crippen LogP contribution in [-0.4, -0.2) is 38.0 Å². The fraction of sp³-hybridized carbons (Fsp3) is 0.500. The zero-order valence-electron chi connectivity index (χ0n) is 12.5. The van der Waals surface area contributed by atoms with E-state index in [2.05, 4.69) is 27.8 Å². The van der Waals surface area contributed by atoms with Crippen LogP contribution in [0.5, 0.6) is 0 Å². The number of rotatable bonds is 6. The van der Waals surface area contributed by atoms with Gasteiger partial charge in [0, 0.05) is 30.8 Å². The Labute approximate surface area is 150 Å². The van der Waals surface area contributed by atoms with E-state index in [1.807, 2.05) is 19.1 Å². The molecular weight excluding hydrogens is 426 g/mol. The van der Waals surface area contributed by atoms with Crippen molar-refractivity contribution in [3.8, 4) is 0 Å². The van der Waals surface area contributed by atoms with Crippen molar-refractivity contribution in [2.75, 3.05) is 25.9 Å². The molecule has 3 nitrogen and oxygen atoms in total. The minimum absolute atomic E-state index is 0. The maximum atomic E-state index is 12.0. The first-order valence-corrected chi connectivity index (χ1v) is 7.60. The SMILES string of the molecule is CN=C(NCCSc1ccc(C)cc1)NCCC(F)(F)F.I. The average Bonchev–Trinajstić information content (AvgIpc) is 2.42. The molecule has 22 heavy (non-hydrogen) atoms. The van der Waals surface area contributed by atoms with Crippen LogP contribution in [0.25, 0.3) is 0 Å². The molecule has 1 rings (SSSR count). The number of nitrogens with one attached hydrogen (secondary N) is 2. The van der Waals surface area contributed by atoms with Gasteiger partial charge in [-0.2, -0.15) is 13.2 Å². The van der Waals surface area contributed by atoms with E-state index in [9.17, 15) is 13.2 Å². The summed E-state index contributed by atoms with van der Waals surface area (Å²) in [4.78, 5) is 5.05. The van der Waals surface area contributed by atoms with Gasteiger partial charge in [-0.25, -0.2) is 0 Å². The number of benzene rings is 1. The van der Waals surface area contributed by atoms with Gasteiger partial charge in [-0.05, 0) is 19.1 Å². The molecule has 0 radical (unpaired) electrons. The first kappa shape index (κ1) is 21.4. The molecule has 1 aromatic rings. The first-order chi connectivity index (χ1) is 9.90. The standard InChI is InChI=1S/C14H20F3N3S.HI/c1-11-3-5-12(6-4-11)21-10-9-20-13(18-2)19-8-7-14(15,16)17;/h3-6H,7-10H2,1-2H3,(H2,18,19,20);1H. The van der Waals surface area contributed by atoms with Crippen molar-refractivity contribution < 1.29 is 13.2 Å². The summed E-state index contributed by atoms with van der Waals surface area (Å²) >= 11 is 1.68. The van der Waals surface area contributed by atoms with E-state index in [-0.39, 0.29) is 30.5 Å². The van der Waals surface area contributed by atoms with E-state index < -0.39 is 12.6 Å². The Morgan fingerprint density at radius 2 is 1.73 bits per heavy atom. The number of aryl methyl sites for hydroxylation is 1. The van der Waals surface area contributed by atoms with Gasteiger partial charge >= 0.3 is 6.18 Å². The number of guanidine groups is 1. The van der Waals surface area contributed by atoms with Gasteiger partial charge in [0.1, 0.15) is 0 Å². The highest BCUT2D eigenvalue weighted by Gasteiger charge is 2.26. The van der Waals surface area contributed by atoms with Gasteiger partial charge in [0.25, 0.3) is 0 Å². The Morgan fingerprint density at radius 1 is 1.14 bits per heavy atom. The number of alkyl halides is 3. The molecule has 126 valence electrons. The van der Waals surface area contributed by atoms with E-state index in [1.54, 1.807) is 11.8 Å². The molecule has 2 N–H and O–H groups in total. The van der Waals surface area contributed by atoms with Crippen LogP contribution in [-0.2, 0) is 0 Å². The second-order valence-electron chi connectivity index (χ2n) is 4.45. The number of aliphatic imine (C=N–C) groups is 1. The summed E-state index contributed by atoms with van der Waals surface area (Å²) in [5.41, 5.74) is 1.21. The largest absolute Gasteiger partial charge is 0.390 e. The van der Waals surface area contributed by atoms with Crippen LogP contribution in [0.3, 0.4) is 0 Å². The van der Waals surface area contributed by atoms with Crippen LogP contribution >= 0.6 is 35.7 Å². The summed E-state index contributed by atoms with van der Waals surface area (Å²) in [5.74, 6) is 1.20. The highest BCUT2D eigenvalue weighted by molar-refractivity contribution is 14.0. The molecule has 0 aliphatic heterocycles. The van der Waals surface area contributed by atoms with Crippen molar-refractivity contribution in [2.24, 2.45) is 4.99 Å². The lowest BCUT2D eigenvalue weighted by molar-refractivity contribution is -0.132. The second-order valence-corrected chi connectivity index (χ2v) is 5.62. The lowest BCUT2D eigenvalue weighted by Crippen LogP contribution is -2.39. The van der Waals surface area contributed by atoms with Crippen molar-refractivity contribution in [3.63, 3.8) is 0 Å². The molecule has 0 aliphatic carbocycles. The molecule has 1 aromatic carbocycles. The quantitative estimate of drug-likeness (QED) is 0.229. The lowest BCUT2D eigenvalue weighted by Gasteiger charge is -2.12. The summed E-state index contributed by atoms with van der Waals surface area (Å²) in [6.45, 7) is 2.49. The zero-order valence-corrected chi connectivity index (χ0v) is 15.7. The van der Waals surface area contributed by atoms with Crippen molar-refractivity contribution >= 4 is 41.7 Å². The molecule has 0 saturated carbocycles. The Hall–Kier alpha value is -0.640. The molecule has 8 heteroatoms. The van der Waals surface area contributed by atoms with E-state index in [0.29, 0.717) is 12.5 Å². The third kappa shape index (κ3) is 10.1. The van der Waals surface area contributed by atoms with Gasteiger partial charge in [0.15, 0.2) is 5.96 Å². The van der Waals surface area contributed by atoms with Crippen molar-refractivity contribution in [3.05, 3.63) is 29.8 Å². The van der Waals surface area contributed by atoms with Gasteiger partial charge in [-0.1, -0.05) is 17.7 Å². The monoisotopic (exact) mass is 447 g/mol. The minimum atomic E-state index is -4.15. The molecule has 0 aliphatic rings. The summed E-state index contributed by atoms with van der Waals surface area (Å²) in [6.07, 6.45) is -5.01. The number of halogens is 4. The highest BCUT2D eigenvalue weighted by atomic mass is 127. The molecule has 0 atom stereocenters. The van der Waals surface area contributed by atoms with Crippen LogP contribution < -0.4 is 10.6 Å². The molecule has 0 heterocycles. The molecular formula is C14H21F3IN3S. The van der Waals surface area contributed by atoms with Crippen LogP contribution in [0.4, 0.5) is 13.2 Å². The van der Waals surface area contributed by atoms with Crippen LogP contribution in [0, 0.1) is 6.92 Å². The molecule has 0 aromatic heterocycles. The summed E-state index contributed by atoms with van der Waals surface area (Å²) < 4.78 is 36.1. The van der Waals surface area contributed by atoms with E-state index in [0.717, 1.165) is 5.75 Å². The van der Waals surface area contributed by atoms with Gasteiger partial charge in [0.05, 0.1) is 6.42 Å². The fourth-order valence-corrected chi connectivity index (χ4v) is 2.28. The Kier molecular flexibility index (Phi) is 10.7. The number of hydrogen-bond donors (Lipinski definition) is 2. The Morgan fingerprint density at radius 3 is 2.27 bits per heavy atom. The van der Waals surface area contributed by atoms with Crippen molar-refractivity contribution in [2.45, 2.75) is 24.4 Å². The Bertz CT molecular complexity index is 450. The molecule has 0 amide bonds. The van der Waals surface area contributed by atoms with Crippen molar-refractivity contribution in [1.82, 2.24) is 10.6 Å². The molecule has 0 fully saturated rings. The van der Waals surface area contributed by atoms with E-state index in [4.69, 9.17) is 0 Å². The smallest absolute Gasteiger partial charge is 0.356 e.